The summed E-state index contributed by atoms with van der Waals surface area (Å²) in [5.41, 5.74) is 2.90. The van der Waals surface area contributed by atoms with E-state index in [0.29, 0.717) is 18.9 Å². The Kier molecular flexibility index (Phi) is 7.73. The van der Waals surface area contributed by atoms with Crippen molar-refractivity contribution in [2.75, 3.05) is 30.9 Å². The van der Waals surface area contributed by atoms with Crippen molar-refractivity contribution >= 4 is 23.2 Å². The van der Waals surface area contributed by atoms with Crippen LogP contribution in [0.25, 0.3) is 0 Å². The van der Waals surface area contributed by atoms with Crippen LogP contribution in [0.4, 0.5) is 11.4 Å². The zero-order valence-electron chi connectivity index (χ0n) is 19.3. The van der Waals surface area contributed by atoms with Gasteiger partial charge in [-0.15, -0.1) is 0 Å². The maximum atomic E-state index is 13.0. The molecule has 0 heterocycles. The standard InChI is InChI=1S/C24H39N3O2/c1-17(2)15-27(22(28)14-24(3,4)5)16-19-13-20(11-12-21(19)26(6)7)25-23(29)18-9-8-10-18/h11-13,17-18H,8-10,14-16H2,1-7H3,(H,25,29). The highest BCUT2D eigenvalue weighted by molar-refractivity contribution is 5.93. The van der Waals surface area contributed by atoms with Crippen LogP contribution in [0.1, 0.15) is 65.9 Å². The van der Waals surface area contributed by atoms with E-state index >= 15 is 0 Å². The Morgan fingerprint density at radius 1 is 1.17 bits per heavy atom. The van der Waals surface area contributed by atoms with Crippen molar-refractivity contribution in [1.29, 1.82) is 0 Å². The summed E-state index contributed by atoms with van der Waals surface area (Å²) >= 11 is 0. The second-order valence-corrected chi connectivity index (χ2v) is 10.3. The number of amides is 2. The third-order valence-corrected chi connectivity index (χ3v) is 5.29. The van der Waals surface area contributed by atoms with Crippen molar-refractivity contribution in [3.63, 3.8) is 0 Å². The van der Waals surface area contributed by atoms with Crippen LogP contribution in [0.3, 0.4) is 0 Å². The zero-order valence-corrected chi connectivity index (χ0v) is 19.3. The number of hydrogen-bond acceptors (Lipinski definition) is 3. The van der Waals surface area contributed by atoms with Gasteiger partial charge in [-0.25, -0.2) is 0 Å². The van der Waals surface area contributed by atoms with Gasteiger partial charge in [0.15, 0.2) is 0 Å². The van der Waals surface area contributed by atoms with Gasteiger partial charge in [0.2, 0.25) is 11.8 Å². The molecule has 2 rings (SSSR count). The van der Waals surface area contributed by atoms with Crippen LogP contribution in [0.5, 0.6) is 0 Å². The van der Waals surface area contributed by atoms with Gasteiger partial charge in [-0.1, -0.05) is 41.0 Å². The molecule has 0 aromatic heterocycles. The van der Waals surface area contributed by atoms with Crippen molar-refractivity contribution in [3.05, 3.63) is 23.8 Å². The normalized spacial score (nSPS) is 14.5. The Bertz CT molecular complexity index is 715. The minimum atomic E-state index is -0.0463. The molecule has 5 nitrogen and oxygen atoms in total. The van der Waals surface area contributed by atoms with Gasteiger partial charge in [-0.2, -0.15) is 0 Å². The highest BCUT2D eigenvalue weighted by Gasteiger charge is 2.26. The van der Waals surface area contributed by atoms with Crippen LogP contribution in [-0.4, -0.2) is 37.4 Å². The summed E-state index contributed by atoms with van der Waals surface area (Å²) in [6.45, 7) is 11.8. The van der Waals surface area contributed by atoms with Crippen molar-refractivity contribution < 1.29 is 9.59 Å². The fraction of sp³-hybridized carbons (Fsp3) is 0.667. The quantitative estimate of drug-likeness (QED) is 0.673. The number of hydrogen-bond donors (Lipinski definition) is 1. The molecular formula is C24H39N3O2. The lowest BCUT2D eigenvalue weighted by Crippen LogP contribution is -2.36. The van der Waals surface area contributed by atoms with E-state index in [-0.39, 0.29) is 23.1 Å². The summed E-state index contributed by atoms with van der Waals surface area (Å²) in [6, 6.07) is 6.02. The largest absolute Gasteiger partial charge is 0.377 e. The number of rotatable bonds is 8. The van der Waals surface area contributed by atoms with E-state index in [2.05, 4.69) is 44.8 Å². The number of anilines is 2. The van der Waals surface area contributed by atoms with Gasteiger partial charge in [0, 0.05) is 50.9 Å². The van der Waals surface area contributed by atoms with Crippen molar-refractivity contribution in [2.24, 2.45) is 17.3 Å². The van der Waals surface area contributed by atoms with Crippen molar-refractivity contribution in [2.45, 2.75) is 66.8 Å². The molecule has 1 aliphatic rings. The fourth-order valence-corrected chi connectivity index (χ4v) is 3.61. The molecule has 1 N–H and O–H groups in total. The van der Waals surface area contributed by atoms with Gasteiger partial charge >= 0.3 is 0 Å². The van der Waals surface area contributed by atoms with Crippen LogP contribution in [0.15, 0.2) is 18.2 Å². The predicted octanol–water partition coefficient (Wildman–Crippen LogP) is 4.91. The first kappa shape index (κ1) is 23.2. The number of nitrogens with zero attached hydrogens (tertiary/aromatic N) is 2. The van der Waals surface area contributed by atoms with Gasteiger partial charge in [-0.3, -0.25) is 9.59 Å². The van der Waals surface area contributed by atoms with Gasteiger partial charge in [0.25, 0.3) is 0 Å². The van der Waals surface area contributed by atoms with Crippen LogP contribution in [0.2, 0.25) is 0 Å². The van der Waals surface area contributed by atoms with Crippen LogP contribution in [0, 0.1) is 17.3 Å². The molecule has 0 saturated heterocycles. The number of nitrogens with one attached hydrogen (secondary N) is 1. The van der Waals surface area contributed by atoms with Crippen molar-refractivity contribution in [1.82, 2.24) is 4.90 Å². The third-order valence-electron chi connectivity index (χ3n) is 5.29. The molecule has 1 saturated carbocycles. The van der Waals surface area contributed by atoms with E-state index in [9.17, 15) is 9.59 Å². The number of carbonyl (C=O) groups is 2. The van der Waals surface area contributed by atoms with Crippen LogP contribution < -0.4 is 10.2 Å². The van der Waals surface area contributed by atoms with E-state index in [1.54, 1.807) is 0 Å². The Balaban J connectivity index is 2.25. The summed E-state index contributed by atoms with van der Waals surface area (Å²) in [5.74, 6) is 0.837. The molecule has 0 unspecified atom stereocenters. The summed E-state index contributed by atoms with van der Waals surface area (Å²) in [5, 5.41) is 3.07. The summed E-state index contributed by atoms with van der Waals surface area (Å²) in [7, 11) is 4.02. The highest BCUT2D eigenvalue weighted by Crippen LogP contribution is 2.30. The highest BCUT2D eigenvalue weighted by atomic mass is 16.2. The van der Waals surface area contributed by atoms with Crippen LogP contribution in [-0.2, 0) is 16.1 Å². The fourth-order valence-electron chi connectivity index (χ4n) is 3.61. The second-order valence-electron chi connectivity index (χ2n) is 10.3. The van der Waals surface area contributed by atoms with E-state index in [0.717, 1.165) is 42.7 Å². The Labute approximate surface area is 176 Å². The number of benzene rings is 1. The van der Waals surface area contributed by atoms with Crippen LogP contribution >= 0.6 is 0 Å². The molecular weight excluding hydrogens is 362 g/mol. The lowest BCUT2D eigenvalue weighted by molar-refractivity contribution is -0.134. The molecule has 29 heavy (non-hydrogen) atoms. The Morgan fingerprint density at radius 3 is 2.31 bits per heavy atom. The molecule has 1 aliphatic carbocycles. The van der Waals surface area contributed by atoms with E-state index in [1.807, 2.05) is 37.2 Å². The summed E-state index contributed by atoms with van der Waals surface area (Å²) in [4.78, 5) is 29.4. The maximum Gasteiger partial charge on any atom is 0.227 e. The summed E-state index contributed by atoms with van der Waals surface area (Å²) in [6.07, 6.45) is 3.63. The Morgan fingerprint density at radius 2 is 1.83 bits per heavy atom. The first-order chi connectivity index (χ1) is 13.5. The molecule has 1 fully saturated rings. The van der Waals surface area contributed by atoms with Gasteiger partial charge in [0.05, 0.1) is 0 Å². The molecule has 0 aliphatic heterocycles. The molecule has 1 aromatic carbocycles. The molecule has 0 bridgehead atoms. The van der Waals surface area contributed by atoms with E-state index < -0.39 is 0 Å². The molecule has 1 aromatic rings. The molecule has 2 amide bonds. The average Bonchev–Trinajstić information content (AvgIpc) is 2.50. The monoisotopic (exact) mass is 401 g/mol. The minimum absolute atomic E-state index is 0.0463. The zero-order chi connectivity index (χ0) is 21.8. The molecule has 0 atom stereocenters. The predicted molar refractivity (Wildman–Crippen MR) is 121 cm³/mol. The summed E-state index contributed by atoms with van der Waals surface area (Å²) < 4.78 is 0. The molecule has 162 valence electrons. The second kappa shape index (κ2) is 9.64. The molecule has 5 heteroatoms. The van der Waals surface area contributed by atoms with E-state index in [4.69, 9.17) is 0 Å². The lowest BCUT2D eigenvalue weighted by atomic mass is 9.85. The third kappa shape index (κ3) is 7.06. The lowest BCUT2D eigenvalue weighted by Gasteiger charge is -2.30. The van der Waals surface area contributed by atoms with Gasteiger partial charge in [0.1, 0.15) is 0 Å². The van der Waals surface area contributed by atoms with Gasteiger partial charge in [-0.05, 0) is 47.9 Å². The van der Waals surface area contributed by atoms with E-state index in [1.165, 1.54) is 0 Å². The topological polar surface area (TPSA) is 52.7 Å². The molecule has 0 radical (unpaired) electrons. The Hall–Kier alpha value is -2.04. The van der Waals surface area contributed by atoms with Gasteiger partial charge < -0.3 is 15.1 Å². The first-order valence-electron chi connectivity index (χ1n) is 10.8. The average molecular weight is 402 g/mol. The van der Waals surface area contributed by atoms with Crippen molar-refractivity contribution in [3.8, 4) is 0 Å². The minimum Gasteiger partial charge on any atom is -0.377 e. The first-order valence-corrected chi connectivity index (χ1v) is 10.8. The SMILES string of the molecule is CC(C)CN(Cc1cc(NC(=O)C2CCC2)ccc1N(C)C)C(=O)CC(C)(C)C. The smallest absolute Gasteiger partial charge is 0.227 e. The maximum absolute atomic E-state index is 13.0. The molecule has 0 spiro atoms. The number of carbonyl (C=O) groups excluding carboxylic acids is 2.